The molecular weight excluding hydrogens is 244 g/mol. The van der Waals surface area contributed by atoms with E-state index in [2.05, 4.69) is 0 Å². The third-order valence-electron chi connectivity index (χ3n) is 3.93. The Kier molecular flexibility index (Phi) is 2.54. The summed E-state index contributed by atoms with van der Waals surface area (Å²) in [6.07, 6.45) is 0.470. The van der Waals surface area contributed by atoms with Crippen molar-refractivity contribution in [1.29, 1.82) is 0 Å². The highest BCUT2D eigenvalue weighted by molar-refractivity contribution is 6.13. The maximum absolute atomic E-state index is 12.4. The van der Waals surface area contributed by atoms with Crippen LogP contribution in [0.1, 0.15) is 34.6 Å². The van der Waals surface area contributed by atoms with E-state index in [1.807, 2.05) is 32.9 Å². The summed E-state index contributed by atoms with van der Waals surface area (Å²) in [7, 11) is 0. The fourth-order valence-corrected chi connectivity index (χ4v) is 3.06. The number of benzene rings is 1. The number of rotatable bonds is 1. The number of carbonyl (C=O) groups is 2. The van der Waals surface area contributed by atoms with Crippen LogP contribution >= 0.6 is 0 Å². The Hall–Kier alpha value is -1.68. The molecule has 0 N–H and O–H groups in total. The normalized spacial score (nSPS) is 29.5. The van der Waals surface area contributed by atoms with Gasteiger partial charge in [-0.2, -0.15) is 0 Å². The minimum absolute atomic E-state index is 0.251. The molecule has 2 atom stereocenters. The van der Waals surface area contributed by atoms with Gasteiger partial charge in [-0.05, 0) is 37.5 Å². The van der Waals surface area contributed by atoms with E-state index in [1.54, 1.807) is 0 Å². The van der Waals surface area contributed by atoms with Crippen LogP contribution < -0.4 is 0 Å². The summed E-state index contributed by atoms with van der Waals surface area (Å²) in [5.41, 5.74) is 3.79. The Labute approximate surface area is 111 Å². The number of esters is 1. The highest BCUT2D eigenvalue weighted by atomic mass is 16.7. The average Bonchev–Trinajstić information content (AvgIpc) is 2.51. The lowest BCUT2D eigenvalue weighted by atomic mass is 9.84. The van der Waals surface area contributed by atoms with Gasteiger partial charge in [0.25, 0.3) is 5.79 Å². The van der Waals surface area contributed by atoms with Crippen LogP contribution in [-0.2, 0) is 19.1 Å². The minimum atomic E-state index is -1.29. The summed E-state index contributed by atoms with van der Waals surface area (Å²) in [5.74, 6) is -2.86. The van der Waals surface area contributed by atoms with Gasteiger partial charge in [-0.25, -0.2) is 0 Å². The number of hydrogen-bond donors (Lipinski definition) is 0. The topological polar surface area (TPSA) is 52.6 Å². The van der Waals surface area contributed by atoms with Crippen molar-refractivity contribution in [3.8, 4) is 0 Å². The summed E-state index contributed by atoms with van der Waals surface area (Å²) < 4.78 is 10.4. The molecular formula is C15H16O4. The molecule has 100 valence electrons. The largest absolute Gasteiger partial charge is 0.424 e. The standard InChI is InChI=1S/C15H16O4/c1-8-6-9(2)11(10(3)7-8)12-13(16)15(4-5-18-15)19-14(12)17/h6-7,12H,4-5H2,1-3H3. The molecule has 0 saturated carbocycles. The second-order valence-electron chi connectivity index (χ2n) is 5.38. The maximum atomic E-state index is 12.4. The SMILES string of the molecule is Cc1cc(C)c(C2C(=O)OC3(CCO3)C2=O)c(C)c1. The Morgan fingerprint density at radius 2 is 1.74 bits per heavy atom. The van der Waals surface area contributed by atoms with Crippen LogP contribution in [0.5, 0.6) is 0 Å². The highest BCUT2D eigenvalue weighted by Crippen LogP contribution is 2.43. The molecule has 0 bridgehead atoms. The van der Waals surface area contributed by atoms with Gasteiger partial charge >= 0.3 is 5.97 Å². The molecule has 2 unspecified atom stereocenters. The lowest BCUT2D eigenvalue weighted by molar-refractivity contribution is -0.261. The molecule has 2 fully saturated rings. The molecule has 2 aliphatic heterocycles. The number of ether oxygens (including phenoxy) is 2. The molecule has 0 aliphatic carbocycles. The van der Waals surface area contributed by atoms with Crippen LogP contribution in [0.4, 0.5) is 0 Å². The molecule has 2 heterocycles. The predicted molar refractivity (Wildman–Crippen MR) is 67.8 cm³/mol. The maximum Gasteiger partial charge on any atom is 0.324 e. The molecule has 0 radical (unpaired) electrons. The third kappa shape index (κ3) is 1.63. The molecule has 1 spiro atoms. The molecule has 2 aliphatic rings. The van der Waals surface area contributed by atoms with Gasteiger partial charge < -0.3 is 9.47 Å². The first-order valence-corrected chi connectivity index (χ1v) is 6.43. The molecule has 19 heavy (non-hydrogen) atoms. The van der Waals surface area contributed by atoms with Crippen LogP contribution in [0.15, 0.2) is 12.1 Å². The number of aryl methyl sites for hydroxylation is 3. The van der Waals surface area contributed by atoms with Crippen LogP contribution in [0.2, 0.25) is 0 Å². The fraction of sp³-hybridized carbons (Fsp3) is 0.467. The minimum Gasteiger partial charge on any atom is -0.424 e. The second-order valence-corrected chi connectivity index (χ2v) is 5.38. The summed E-state index contributed by atoms with van der Waals surface area (Å²) in [6, 6.07) is 3.96. The molecule has 2 saturated heterocycles. The Morgan fingerprint density at radius 3 is 2.16 bits per heavy atom. The summed E-state index contributed by atoms with van der Waals surface area (Å²) in [5, 5.41) is 0. The monoisotopic (exact) mass is 260 g/mol. The molecule has 1 aromatic rings. The van der Waals surface area contributed by atoms with Crippen molar-refractivity contribution in [2.24, 2.45) is 0 Å². The van der Waals surface area contributed by atoms with Crippen LogP contribution in [-0.4, -0.2) is 24.1 Å². The molecule has 4 heteroatoms. The summed E-state index contributed by atoms with van der Waals surface area (Å²) in [6.45, 7) is 6.30. The first kappa shape index (κ1) is 12.4. The third-order valence-corrected chi connectivity index (χ3v) is 3.93. The zero-order valence-electron chi connectivity index (χ0n) is 11.3. The van der Waals surface area contributed by atoms with Crippen molar-refractivity contribution in [2.75, 3.05) is 6.61 Å². The van der Waals surface area contributed by atoms with Crippen molar-refractivity contribution in [1.82, 2.24) is 0 Å². The molecule has 0 amide bonds. The van der Waals surface area contributed by atoms with Crippen LogP contribution in [0, 0.1) is 20.8 Å². The van der Waals surface area contributed by atoms with Crippen LogP contribution in [0.3, 0.4) is 0 Å². The quantitative estimate of drug-likeness (QED) is 0.572. The first-order valence-electron chi connectivity index (χ1n) is 6.43. The van der Waals surface area contributed by atoms with Gasteiger partial charge in [-0.3, -0.25) is 9.59 Å². The first-order chi connectivity index (χ1) is 8.94. The Balaban J connectivity index is 2.08. The van der Waals surface area contributed by atoms with Gasteiger partial charge in [0.2, 0.25) is 5.78 Å². The molecule has 3 rings (SSSR count). The smallest absolute Gasteiger partial charge is 0.324 e. The van der Waals surface area contributed by atoms with E-state index in [9.17, 15) is 9.59 Å². The summed E-state index contributed by atoms with van der Waals surface area (Å²) >= 11 is 0. The zero-order valence-corrected chi connectivity index (χ0v) is 11.3. The molecule has 1 aromatic carbocycles. The van der Waals surface area contributed by atoms with E-state index in [1.165, 1.54) is 0 Å². The van der Waals surface area contributed by atoms with E-state index in [4.69, 9.17) is 9.47 Å². The zero-order chi connectivity index (χ0) is 13.8. The van der Waals surface area contributed by atoms with E-state index in [0.29, 0.717) is 13.0 Å². The van der Waals surface area contributed by atoms with E-state index < -0.39 is 17.7 Å². The lowest BCUT2D eigenvalue weighted by Gasteiger charge is -2.34. The number of hydrogen-bond acceptors (Lipinski definition) is 4. The van der Waals surface area contributed by atoms with Gasteiger partial charge in [-0.1, -0.05) is 17.7 Å². The van der Waals surface area contributed by atoms with Crippen molar-refractivity contribution < 1.29 is 19.1 Å². The molecule has 0 aromatic heterocycles. The lowest BCUT2D eigenvalue weighted by Crippen LogP contribution is -2.49. The predicted octanol–water partition coefficient (Wildman–Crippen LogP) is 1.94. The van der Waals surface area contributed by atoms with Crippen molar-refractivity contribution in [3.63, 3.8) is 0 Å². The van der Waals surface area contributed by atoms with Crippen molar-refractivity contribution in [3.05, 3.63) is 34.4 Å². The van der Waals surface area contributed by atoms with E-state index >= 15 is 0 Å². The van der Waals surface area contributed by atoms with Gasteiger partial charge in [0.15, 0.2) is 0 Å². The fourth-order valence-electron chi connectivity index (χ4n) is 3.06. The second kappa shape index (κ2) is 3.90. The average molecular weight is 260 g/mol. The highest BCUT2D eigenvalue weighted by Gasteiger charge is 2.61. The number of ketones is 1. The van der Waals surface area contributed by atoms with E-state index in [-0.39, 0.29) is 5.78 Å². The molecule has 4 nitrogen and oxygen atoms in total. The van der Waals surface area contributed by atoms with Gasteiger partial charge in [0, 0.05) is 6.42 Å². The van der Waals surface area contributed by atoms with Crippen LogP contribution in [0.25, 0.3) is 0 Å². The van der Waals surface area contributed by atoms with Gasteiger partial charge in [0.1, 0.15) is 5.92 Å². The number of carbonyl (C=O) groups excluding carboxylic acids is 2. The Bertz CT molecular complexity index is 561. The van der Waals surface area contributed by atoms with Crippen molar-refractivity contribution >= 4 is 11.8 Å². The number of Topliss-reactive ketones (excluding diaryl/α,β-unsaturated/α-hetero) is 1. The van der Waals surface area contributed by atoms with Gasteiger partial charge in [-0.15, -0.1) is 0 Å². The summed E-state index contributed by atoms with van der Waals surface area (Å²) in [4.78, 5) is 24.5. The Morgan fingerprint density at radius 1 is 1.16 bits per heavy atom. The van der Waals surface area contributed by atoms with E-state index in [0.717, 1.165) is 22.3 Å². The van der Waals surface area contributed by atoms with Crippen molar-refractivity contribution in [2.45, 2.75) is 38.9 Å². The van der Waals surface area contributed by atoms with Gasteiger partial charge in [0.05, 0.1) is 6.61 Å².